The molecule has 4 heterocycles. The molecule has 1 saturated carbocycles. The molecule has 206 valence electrons. The van der Waals surface area contributed by atoms with Crippen molar-refractivity contribution in [2.24, 2.45) is 0 Å². The first-order valence-electron chi connectivity index (χ1n) is 13.9. The van der Waals surface area contributed by atoms with Crippen molar-refractivity contribution in [2.45, 2.75) is 57.5 Å². The van der Waals surface area contributed by atoms with Crippen LogP contribution in [0.1, 0.15) is 61.4 Å². The zero-order valence-electron chi connectivity index (χ0n) is 22.8. The summed E-state index contributed by atoms with van der Waals surface area (Å²) in [5.41, 5.74) is 5.68. The van der Waals surface area contributed by atoms with E-state index in [0.29, 0.717) is 23.4 Å². The number of rotatable bonds is 6. The van der Waals surface area contributed by atoms with E-state index in [1.807, 2.05) is 25.5 Å². The minimum atomic E-state index is -0.456. The van der Waals surface area contributed by atoms with Crippen LogP contribution in [0, 0.1) is 12.7 Å². The number of hydrogen-bond donors (Lipinski definition) is 2. The molecule has 0 unspecified atom stereocenters. The Morgan fingerprint density at radius 2 is 1.85 bits per heavy atom. The third-order valence-corrected chi connectivity index (χ3v) is 9.20. The van der Waals surface area contributed by atoms with E-state index in [-0.39, 0.29) is 10.9 Å². The fraction of sp³-hybridized carbons (Fsp3) is 0.467. The van der Waals surface area contributed by atoms with Gasteiger partial charge in [-0.15, -0.1) is 0 Å². The highest BCUT2D eigenvalue weighted by atomic mass is 35.5. The fourth-order valence-corrected chi connectivity index (χ4v) is 6.92. The van der Waals surface area contributed by atoms with Crippen LogP contribution in [0.15, 0.2) is 36.8 Å². The van der Waals surface area contributed by atoms with Crippen molar-refractivity contribution in [3.05, 3.63) is 64.5 Å². The van der Waals surface area contributed by atoms with Crippen LogP contribution in [0.2, 0.25) is 5.02 Å². The molecule has 1 atom stereocenters. The number of aromatic nitrogens is 4. The quantitative estimate of drug-likeness (QED) is 0.304. The lowest BCUT2D eigenvalue weighted by atomic mass is 9.89. The number of pyridine rings is 1. The minimum Gasteiger partial charge on any atom is -0.496 e. The number of methoxy groups -OCH3 is 1. The molecule has 7 nitrogen and oxygen atoms in total. The van der Waals surface area contributed by atoms with Crippen molar-refractivity contribution in [1.82, 2.24) is 30.0 Å². The van der Waals surface area contributed by atoms with E-state index >= 15 is 0 Å². The van der Waals surface area contributed by atoms with Gasteiger partial charge >= 0.3 is 0 Å². The second-order valence-corrected chi connectivity index (χ2v) is 11.3. The first-order valence-corrected chi connectivity index (χ1v) is 14.3. The van der Waals surface area contributed by atoms with Gasteiger partial charge in [-0.3, -0.25) is 9.58 Å². The molecule has 1 aromatic carbocycles. The number of hydrogen-bond acceptors (Lipinski definition) is 5. The number of fused-ring (bicyclic) bond motifs is 1. The lowest BCUT2D eigenvalue weighted by Gasteiger charge is -2.39. The predicted octanol–water partition coefficient (Wildman–Crippen LogP) is 6.08. The number of benzene rings is 1. The maximum Gasteiger partial charge on any atom is 0.142 e. The van der Waals surface area contributed by atoms with Gasteiger partial charge in [0, 0.05) is 78.3 Å². The van der Waals surface area contributed by atoms with Crippen LogP contribution in [0.4, 0.5) is 4.39 Å². The largest absolute Gasteiger partial charge is 0.496 e. The maximum absolute atomic E-state index is 14.4. The van der Waals surface area contributed by atoms with E-state index in [1.54, 1.807) is 13.2 Å². The van der Waals surface area contributed by atoms with Gasteiger partial charge in [0.2, 0.25) is 0 Å². The summed E-state index contributed by atoms with van der Waals surface area (Å²) in [4.78, 5) is 10.7. The average Bonchev–Trinajstić information content (AvgIpc) is 3.57. The van der Waals surface area contributed by atoms with Gasteiger partial charge in [-0.05, 0) is 56.4 Å². The molecule has 0 amide bonds. The molecule has 0 bridgehead atoms. The molecule has 2 fully saturated rings. The first kappa shape index (κ1) is 26.3. The van der Waals surface area contributed by atoms with Gasteiger partial charge in [-0.2, -0.15) is 5.10 Å². The molecule has 1 saturated heterocycles. The highest BCUT2D eigenvalue weighted by Gasteiger charge is 2.29. The lowest BCUT2D eigenvalue weighted by Crippen LogP contribution is -2.49. The summed E-state index contributed by atoms with van der Waals surface area (Å²) in [6.07, 6.45) is 10.6. The van der Waals surface area contributed by atoms with Crippen LogP contribution in [0.25, 0.3) is 22.2 Å². The molecule has 1 aliphatic heterocycles. The van der Waals surface area contributed by atoms with E-state index in [0.717, 1.165) is 66.7 Å². The molecule has 9 heteroatoms. The number of aromatic amines is 1. The molecule has 6 rings (SSSR count). The second kappa shape index (κ2) is 10.9. The molecule has 0 spiro atoms. The summed E-state index contributed by atoms with van der Waals surface area (Å²) in [7, 11) is 1.58. The Kier molecular flexibility index (Phi) is 7.35. The normalized spacial score (nSPS) is 21.4. The Bertz CT molecular complexity index is 1470. The summed E-state index contributed by atoms with van der Waals surface area (Å²) >= 11 is 6.42. The molecule has 2 aliphatic rings. The van der Waals surface area contributed by atoms with Crippen LogP contribution in [-0.4, -0.2) is 64.0 Å². The predicted molar refractivity (Wildman–Crippen MR) is 153 cm³/mol. The van der Waals surface area contributed by atoms with Gasteiger partial charge in [0.25, 0.3) is 0 Å². The molecule has 2 N–H and O–H groups in total. The lowest BCUT2D eigenvalue weighted by molar-refractivity contribution is 0.120. The van der Waals surface area contributed by atoms with E-state index in [9.17, 15) is 4.39 Å². The molecule has 39 heavy (non-hydrogen) atoms. The number of nitrogens with one attached hydrogen (secondary N) is 2. The third kappa shape index (κ3) is 4.83. The maximum atomic E-state index is 14.4. The third-order valence-electron chi connectivity index (χ3n) is 8.81. The van der Waals surface area contributed by atoms with Crippen molar-refractivity contribution in [2.75, 3.05) is 33.3 Å². The van der Waals surface area contributed by atoms with Crippen molar-refractivity contribution >= 4 is 22.6 Å². The van der Waals surface area contributed by atoms with E-state index < -0.39 is 5.82 Å². The molecule has 4 aromatic rings. The summed E-state index contributed by atoms with van der Waals surface area (Å²) in [5, 5.41) is 9.38. The van der Waals surface area contributed by atoms with Crippen LogP contribution in [0.5, 0.6) is 5.75 Å². The number of piperazine rings is 1. The SMILES string of the molecule is COc1ccc(F)c(Cl)c1[C@@H](C)c1c[nH]c2ncc(-c3cnn(C4CCC(N5CCNCC5)CC4)c3C)cc12. The van der Waals surface area contributed by atoms with Crippen molar-refractivity contribution in [3.63, 3.8) is 0 Å². The zero-order chi connectivity index (χ0) is 27.1. The van der Waals surface area contributed by atoms with E-state index in [1.165, 1.54) is 24.6 Å². The summed E-state index contributed by atoms with van der Waals surface area (Å²) in [6, 6.07) is 6.25. The Hall–Kier alpha value is -2.94. The molecule has 0 radical (unpaired) electrons. The van der Waals surface area contributed by atoms with Crippen molar-refractivity contribution < 1.29 is 9.13 Å². The first-order chi connectivity index (χ1) is 19.0. The summed E-state index contributed by atoms with van der Waals surface area (Å²) < 4.78 is 22.1. The van der Waals surface area contributed by atoms with Crippen LogP contribution < -0.4 is 10.1 Å². The monoisotopic (exact) mass is 550 g/mol. The molecule has 3 aromatic heterocycles. The van der Waals surface area contributed by atoms with E-state index in [2.05, 4.69) is 32.9 Å². The van der Waals surface area contributed by atoms with Gasteiger partial charge in [0.05, 0.1) is 24.4 Å². The minimum absolute atomic E-state index is 0.0871. The number of nitrogens with zero attached hydrogens (tertiary/aromatic N) is 4. The number of halogens is 2. The second-order valence-electron chi connectivity index (χ2n) is 10.9. The topological polar surface area (TPSA) is 71.0 Å². The number of ether oxygens (including phenoxy) is 1. The Balaban J connectivity index is 1.26. The fourth-order valence-electron chi connectivity index (χ4n) is 6.60. The van der Waals surface area contributed by atoms with E-state index in [4.69, 9.17) is 26.4 Å². The molecule has 1 aliphatic carbocycles. The van der Waals surface area contributed by atoms with Crippen LogP contribution in [-0.2, 0) is 0 Å². The zero-order valence-corrected chi connectivity index (χ0v) is 23.6. The van der Waals surface area contributed by atoms with Gasteiger partial charge in [0.1, 0.15) is 17.2 Å². The average molecular weight is 551 g/mol. The van der Waals surface area contributed by atoms with Crippen molar-refractivity contribution in [3.8, 4) is 16.9 Å². The summed E-state index contributed by atoms with van der Waals surface area (Å²) in [6.45, 7) is 8.70. The Labute approximate surface area is 233 Å². The highest BCUT2D eigenvalue weighted by molar-refractivity contribution is 6.31. The highest BCUT2D eigenvalue weighted by Crippen LogP contribution is 2.41. The van der Waals surface area contributed by atoms with Crippen LogP contribution >= 0.6 is 11.6 Å². The van der Waals surface area contributed by atoms with Gasteiger partial charge < -0.3 is 15.0 Å². The van der Waals surface area contributed by atoms with Gasteiger partial charge in [0.15, 0.2) is 0 Å². The van der Waals surface area contributed by atoms with Gasteiger partial charge in [-0.1, -0.05) is 18.5 Å². The molecular formula is C30H36ClFN6O. The van der Waals surface area contributed by atoms with Crippen molar-refractivity contribution in [1.29, 1.82) is 0 Å². The molecular weight excluding hydrogens is 515 g/mol. The van der Waals surface area contributed by atoms with Gasteiger partial charge in [-0.25, -0.2) is 9.37 Å². The van der Waals surface area contributed by atoms with Crippen LogP contribution in [0.3, 0.4) is 0 Å². The number of H-pyrrole nitrogens is 1. The standard InChI is InChI=1S/C30H36ClFN6O/c1-18(28-27(39-3)9-8-26(32)29(28)31)24-16-35-30-23(24)14-20(15-34-30)25-17-36-38(19(25)2)22-6-4-21(5-7-22)37-12-10-33-11-13-37/h8-9,14-18,21-22,33H,4-7,10-13H2,1-3H3,(H,34,35)/t18-,21?,22?/m0/s1. The smallest absolute Gasteiger partial charge is 0.142 e. The summed E-state index contributed by atoms with van der Waals surface area (Å²) in [5.74, 6) is -0.0946. The Morgan fingerprint density at radius 1 is 1.10 bits per heavy atom. The Morgan fingerprint density at radius 3 is 2.59 bits per heavy atom.